The summed E-state index contributed by atoms with van der Waals surface area (Å²) in [5.74, 6) is -0.270. The van der Waals surface area contributed by atoms with Crippen LogP contribution in [0, 0.1) is 18.3 Å². The van der Waals surface area contributed by atoms with Crippen LogP contribution in [0.4, 0.5) is 5.69 Å². The van der Waals surface area contributed by atoms with E-state index in [1.165, 1.54) is 6.42 Å². The summed E-state index contributed by atoms with van der Waals surface area (Å²) in [5, 5.41) is 12.1. The van der Waals surface area contributed by atoms with Crippen molar-refractivity contribution in [1.82, 2.24) is 0 Å². The van der Waals surface area contributed by atoms with Crippen LogP contribution in [0.5, 0.6) is 0 Å². The van der Waals surface area contributed by atoms with Crippen molar-refractivity contribution in [2.75, 3.05) is 5.32 Å². The summed E-state index contributed by atoms with van der Waals surface area (Å²) >= 11 is 0. The van der Waals surface area contributed by atoms with Gasteiger partial charge < -0.3 is 5.32 Å². The molecule has 1 fully saturated rings. The summed E-state index contributed by atoms with van der Waals surface area (Å²) < 4.78 is 0. The van der Waals surface area contributed by atoms with Crippen LogP contribution < -0.4 is 5.32 Å². The van der Waals surface area contributed by atoms with Crippen molar-refractivity contribution in [2.24, 2.45) is 0 Å². The number of aryl methyl sites for hydroxylation is 1. The molecule has 1 aliphatic carbocycles. The Morgan fingerprint density at radius 1 is 1.21 bits per heavy atom. The first-order valence-corrected chi connectivity index (χ1v) is 6.71. The molecular formula is C16H18N2O. The van der Waals surface area contributed by atoms with Gasteiger partial charge in [0, 0.05) is 5.69 Å². The Labute approximate surface area is 113 Å². The van der Waals surface area contributed by atoms with Crippen molar-refractivity contribution in [2.45, 2.75) is 39.0 Å². The number of nitrogens with one attached hydrogen (secondary N) is 1. The van der Waals surface area contributed by atoms with Crippen LogP contribution in [-0.2, 0) is 4.79 Å². The molecule has 3 heteroatoms. The van der Waals surface area contributed by atoms with Gasteiger partial charge in [-0.05, 0) is 49.8 Å². The monoisotopic (exact) mass is 254 g/mol. The van der Waals surface area contributed by atoms with E-state index in [1.807, 2.05) is 31.2 Å². The first-order chi connectivity index (χ1) is 9.22. The fourth-order valence-corrected chi connectivity index (χ4v) is 2.42. The smallest absolute Gasteiger partial charge is 0.266 e. The Balaban J connectivity index is 2.19. The second-order valence-electron chi connectivity index (χ2n) is 4.92. The predicted octanol–water partition coefficient (Wildman–Crippen LogP) is 3.72. The van der Waals surface area contributed by atoms with Gasteiger partial charge in [0.2, 0.25) is 0 Å². The van der Waals surface area contributed by atoms with Gasteiger partial charge in [-0.1, -0.05) is 24.6 Å². The van der Waals surface area contributed by atoms with E-state index in [2.05, 4.69) is 11.4 Å². The van der Waals surface area contributed by atoms with E-state index >= 15 is 0 Å². The normalized spacial score (nSPS) is 14.6. The van der Waals surface area contributed by atoms with E-state index in [0.29, 0.717) is 5.57 Å². The summed E-state index contributed by atoms with van der Waals surface area (Å²) in [5.41, 5.74) is 3.10. The third-order valence-electron chi connectivity index (χ3n) is 3.54. The zero-order chi connectivity index (χ0) is 13.7. The number of amides is 1. The Morgan fingerprint density at radius 2 is 1.89 bits per heavy atom. The Hall–Kier alpha value is -2.08. The lowest BCUT2D eigenvalue weighted by molar-refractivity contribution is -0.112. The lowest BCUT2D eigenvalue weighted by Crippen LogP contribution is -2.17. The van der Waals surface area contributed by atoms with Crippen LogP contribution in [0.15, 0.2) is 35.4 Å². The van der Waals surface area contributed by atoms with Crippen LogP contribution in [0.1, 0.15) is 37.7 Å². The highest BCUT2D eigenvalue weighted by Gasteiger charge is 2.17. The number of allylic oxidation sites excluding steroid dienone is 1. The Kier molecular flexibility index (Phi) is 4.35. The van der Waals surface area contributed by atoms with Gasteiger partial charge in [0.15, 0.2) is 0 Å². The molecule has 0 radical (unpaired) electrons. The molecule has 98 valence electrons. The molecule has 1 amide bonds. The van der Waals surface area contributed by atoms with Crippen molar-refractivity contribution in [3.8, 4) is 6.07 Å². The minimum Gasteiger partial charge on any atom is -0.321 e. The van der Waals surface area contributed by atoms with Gasteiger partial charge in [-0.3, -0.25) is 4.79 Å². The number of benzene rings is 1. The molecular weight excluding hydrogens is 236 g/mol. The SMILES string of the molecule is Cc1ccccc1NC(=O)C(C#N)=C1CCCCC1. The number of para-hydroxylation sites is 1. The van der Waals surface area contributed by atoms with Crippen molar-refractivity contribution in [3.63, 3.8) is 0 Å². The second kappa shape index (κ2) is 6.19. The molecule has 3 nitrogen and oxygen atoms in total. The molecule has 0 aliphatic heterocycles. The zero-order valence-corrected chi connectivity index (χ0v) is 11.2. The number of hydrogen-bond acceptors (Lipinski definition) is 2. The van der Waals surface area contributed by atoms with Crippen LogP contribution in [0.2, 0.25) is 0 Å². The maximum Gasteiger partial charge on any atom is 0.266 e. The van der Waals surface area contributed by atoms with Crippen LogP contribution in [0.3, 0.4) is 0 Å². The third kappa shape index (κ3) is 3.23. The standard InChI is InChI=1S/C16H18N2O/c1-12-7-5-6-10-15(12)18-16(19)14(11-17)13-8-3-2-4-9-13/h5-7,10H,2-4,8-9H2,1H3,(H,18,19). The number of hydrogen-bond donors (Lipinski definition) is 1. The molecule has 1 saturated carbocycles. The van der Waals surface area contributed by atoms with Crippen molar-refractivity contribution >= 4 is 11.6 Å². The zero-order valence-electron chi connectivity index (χ0n) is 11.2. The highest BCUT2D eigenvalue weighted by Crippen LogP contribution is 2.26. The van der Waals surface area contributed by atoms with E-state index in [-0.39, 0.29) is 5.91 Å². The fraction of sp³-hybridized carbons (Fsp3) is 0.375. The van der Waals surface area contributed by atoms with Crippen LogP contribution >= 0.6 is 0 Å². The summed E-state index contributed by atoms with van der Waals surface area (Å²) in [6.07, 6.45) is 5.12. The molecule has 1 aliphatic rings. The van der Waals surface area contributed by atoms with E-state index in [0.717, 1.165) is 42.5 Å². The van der Waals surface area contributed by atoms with Gasteiger partial charge in [0.05, 0.1) is 0 Å². The van der Waals surface area contributed by atoms with Crippen molar-refractivity contribution < 1.29 is 4.79 Å². The molecule has 0 saturated heterocycles. The molecule has 0 unspecified atom stereocenters. The van der Waals surface area contributed by atoms with Gasteiger partial charge in [0.25, 0.3) is 5.91 Å². The Bertz CT molecular complexity index is 544. The third-order valence-corrected chi connectivity index (χ3v) is 3.54. The average molecular weight is 254 g/mol. The van der Waals surface area contributed by atoms with Gasteiger partial charge in [0.1, 0.15) is 11.6 Å². The first-order valence-electron chi connectivity index (χ1n) is 6.71. The number of nitriles is 1. The second-order valence-corrected chi connectivity index (χ2v) is 4.92. The topological polar surface area (TPSA) is 52.9 Å². The molecule has 0 aromatic heterocycles. The molecule has 2 rings (SSSR count). The molecule has 0 bridgehead atoms. The van der Waals surface area contributed by atoms with E-state index in [1.54, 1.807) is 0 Å². The molecule has 0 atom stereocenters. The van der Waals surface area contributed by atoms with E-state index in [4.69, 9.17) is 0 Å². The molecule has 0 heterocycles. The summed E-state index contributed by atoms with van der Waals surface area (Å²) in [4.78, 5) is 12.2. The summed E-state index contributed by atoms with van der Waals surface area (Å²) in [7, 11) is 0. The van der Waals surface area contributed by atoms with Gasteiger partial charge in [-0.2, -0.15) is 5.26 Å². The van der Waals surface area contributed by atoms with E-state index < -0.39 is 0 Å². The number of anilines is 1. The van der Waals surface area contributed by atoms with Crippen molar-refractivity contribution in [1.29, 1.82) is 5.26 Å². The number of carbonyl (C=O) groups excluding carboxylic acids is 1. The predicted molar refractivity (Wildman–Crippen MR) is 75.5 cm³/mol. The maximum absolute atomic E-state index is 12.2. The van der Waals surface area contributed by atoms with Crippen molar-refractivity contribution in [3.05, 3.63) is 41.0 Å². The summed E-state index contributed by atoms with van der Waals surface area (Å²) in [6, 6.07) is 9.68. The highest BCUT2D eigenvalue weighted by atomic mass is 16.1. The number of carbonyl (C=O) groups is 1. The van der Waals surface area contributed by atoms with Crippen LogP contribution in [0.25, 0.3) is 0 Å². The average Bonchev–Trinajstić information content (AvgIpc) is 2.43. The minimum atomic E-state index is -0.270. The molecule has 0 spiro atoms. The van der Waals surface area contributed by atoms with Crippen LogP contribution in [-0.4, -0.2) is 5.91 Å². The maximum atomic E-state index is 12.2. The summed E-state index contributed by atoms with van der Waals surface area (Å²) in [6.45, 7) is 1.94. The molecule has 1 aromatic rings. The number of rotatable bonds is 2. The van der Waals surface area contributed by atoms with Gasteiger partial charge in [-0.15, -0.1) is 0 Å². The molecule has 1 aromatic carbocycles. The quantitative estimate of drug-likeness (QED) is 0.646. The molecule has 19 heavy (non-hydrogen) atoms. The Morgan fingerprint density at radius 3 is 2.53 bits per heavy atom. The number of nitrogens with zero attached hydrogens (tertiary/aromatic N) is 1. The van der Waals surface area contributed by atoms with Gasteiger partial charge in [-0.25, -0.2) is 0 Å². The molecule has 1 N–H and O–H groups in total. The minimum absolute atomic E-state index is 0.270. The lowest BCUT2D eigenvalue weighted by Gasteiger charge is -2.16. The van der Waals surface area contributed by atoms with E-state index in [9.17, 15) is 10.1 Å². The fourth-order valence-electron chi connectivity index (χ4n) is 2.42. The first kappa shape index (κ1) is 13.4. The lowest BCUT2D eigenvalue weighted by atomic mass is 9.91. The largest absolute Gasteiger partial charge is 0.321 e. The van der Waals surface area contributed by atoms with Gasteiger partial charge >= 0.3 is 0 Å². The highest BCUT2D eigenvalue weighted by molar-refractivity contribution is 6.07.